The topological polar surface area (TPSA) is 66.8 Å². The summed E-state index contributed by atoms with van der Waals surface area (Å²) >= 11 is 0. The van der Waals surface area contributed by atoms with Crippen LogP contribution in [0.3, 0.4) is 0 Å². The summed E-state index contributed by atoms with van der Waals surface area (Å²) in [5, 5.41) is 9.61. The highest BCUT2D eigenvalue weighted by Crippen LogP contribution is 2.39. The van der Waals surface area contributed by atoms with Crippen LogP contribution in [0, 0.1) is 5.41 Å². The average Bonchev–Trinajstić information content (AvgIpc) is 2.79. The van der Waals surface area contributed by atoms with E-state index in [1.165, 1.54) is 0 Å². The van der Waals surface area contributed by atoms with Gasteiger partial charge in [0.2, 0.25) is 5.91 Å². The van der Waals surface area contributed by atoms with Crippen molar-refractivity contribution in [3.8, 4) is 0 Å². The van der Waals surface area contributed by atoms with E-state index in [9.17, 15) is 14.7 Å². The first kappa shape index (κ1) is 15.3. The summed E-state index contributed by atoms with van der Waals surface area (Å²) in [6.07, 6.45) is 6.37. The van der Waals surface area contributed by atoms with E-state index in [2.05, 4.69) is 0 Å². The molecule has 20 heavy (non-hydrogen) atoms. The second-order valence-corrected chi connectivity index (χ2v) is 6.16. The standard InChI is InChI=1S/C15H25NO4/c1-20-12-6-9-16(11-12)13(17)10-15(14(18)19)7-4-2-3-5-8-15/h12H,2-11H2,1H3,(H,18,19). The Morgan fingerprint density at radius 1 is 1.25 bits per heavy atom. The number of hydrogen-bond acceptors (Lipinski definition) is 3. The number of rotatable bonds is 4. The lowest BCUT2D eigenvalue weighted by Crippen LogP contribution is -2.39. The first-order valence-corrected chi connectivity index (χ1v) is 7.61. The van der Waals surface area contributed by atoms with Gasteiger partial charge < -0.3 is 14.7 Å². The number of hydrogen-bond donors (Lipinski definition) is 1. The fraction of sp³-hybridized carbons (Fsp3) is 0.867. The molecule has 1 unspecified atom stereocenters. The van der Waals surface area contributed by atoms with Gasteiger partial charge in [0.1, 0.15) is 0 Å². The largest absolute Gasteiger partial charge is 0.481 e. The van der Waals surface area contributed by atoms with Crippen LogP contribution in [0.4, 0.5) is 0 Å². The molecule has 1 aliphatic heterocycles. The molecule has 0 bridgehead atoms. The van der Waals surface area contributed by atoms with Crippen LogP contribution in [0.25, 0.3) is 0 Å². The van der Waals surface area contributed by atoms with Crippen LogP contribution >= 0.6 is 0 Å². The Hall–Kier alpha value is -1.10. The van der Waals surface area contributed by atoms with Crippen molar-refractivity contribution in [1.82, 2.24) is 4.90 Å². The van der Waals surface area contributed by atoms with E-state index < -0.39 is 11.4 Å². The number of nitrogens with zero attached hydrogens (tertiary/aromatic N) is 1. The second-order valence-electron chi connectivity index (χ2n) is 6.16. The third kappa shape index (κ3) is 3.32. The minimum absolute atomic E-state index is 0.0196. The number of aliphatic carboxylic acids is 1. The van der Waals surface area contributed by atoms with Crippen LogP contribution in [0.5, 0.6) is 0 Å². The number of carboxylic acid groups (broad SMARTS) is 1. The Morgan fingerprint density at radius 2 is 1.90 bits per heavy atom. The summed E-state index contributed by atoms with van der Waals surface area (Å²) in [6, 6.07) is 0. The van der Waals surface area contributed by atoms with E-state index in [0.29, 0.717) is 25.9 Å². The number of carboxylic acids is 1. The zero-order chi connectivity index (χ0) is 14.6. The lowest BCUT2D eigenvalue weighted by atomic mass is 9.77. The molecule has 1 amide bonds. The van der Waals surface area contributed by atoms with Gasteiger partial charge in [-0.2, -0.15) is 0 Å². The molecular weight excluding hydrogens is 258 g/mol. The fourth-order valence-corrected chi connectivity index (χ4v) is 3.42. The maximum atomic E-state index is 12.4. The highest BCUT2D eigenvalue weighted by atomic mass is 16.5. The van der Waals surface area contributed by atoms with Crippen molar-refractivity contribution in [1.29, 1.82) is 0 Å². The van der Waals surface area contributed by atoms with E-state index in [-0.39, 0.29) is 18.4 Å². The smallest absolute Gasteiger partial charge is 0.310 e. The van der Waals surface area contributed by atoms with Gasteiger partial charge in [-0.25, -0.2) is 0 Å². The Balaban J connectivity index is 2.01. The lowest BCUT2D eigenvalue weighted by molar-refractivity contribution is -0.154. The molecule has 0 spiro atoms. The van der Waals surface area contributed by atoms with Gasteiger partial charge in [-0.05, 0) is 19.3 Å². The third-order valence-electron chi connectivity index (χ3n) is 4.84. The highest BCUT2D eigenvalue weighted by Gasteiger charge is 2.42. The van der Waals surface area contributed by atoms with Gasteiger partial charge in [-0.1, -0.05) is 25.7 Å². The number of ether oxygens (including phenoxy) is 1. The molecule has 2 aliphatic rings. The molecule has 114 valence electrons. The molecule has 1 heterocycles. The summed E-state index contributed by atoms with van der Waals surface area (Å²) in [5.41, 5.74) is -0.835. The summed E-state index contributed by atoms with van der Waals surface area (Å²) in [4.78, 5) is 25.9. The minimum atomic E-state index is -0.835. The van der Waals surface area contributed by atoms with Gasteiger partial charge in [-0.15, -0.1) is 0 Å². The maximum absolute atomic E-state index is 12.4. The van der Waals surface area contributed by atoms with Gasteiger partial charge in [-0.3, -0.25) is 9.59 Å². The normalized spacial score (nSPS) is 26.2. The Kier molecular flexibility index (Phi) is 5.02. The summed E-state index contributed by atoms with van der Waals surface area (Å²) in [5.74, 6) is -0.816. The van der Waals surface area contributed by atoms with E-state index >= 15 is 0 Å². The van der Waals surface area contributed by atoms with Crippen LogP contribution in [-0.4, -0.2) is 48.2 Å². The van der Waals surface area contributed by atoms with E-state index in [4.69, 9.17) is 4.74 Å². The van der Waals surface area contributed by atoms with E-state index in [0.717, 1.165) is 32.1 Å². The highest BCUT2D eigenvalue weighted by molar-refractivity contribution is 5.85. The van der Waals surface area contributed by atoms with Gasteiger partial charge in [0.05, 0.1) is 11.5 Å². The summed E-state index contributed by atoms with van der Waals surface area (Å²) in [6.45, 7) is 1.29. The zero-order valence-corrected chi connectivity index (χ0v) is 12.3. The first-order chi connectivity index (χ1) is 9.57. The van der Waals surface area contributed by atoms with Crippen LogP contribution in [0.1, 0.15) is 51.4 Å². The number of carbonyl (C=O) groups is 2. The van der Waals surface area contributed by atoms with Gasteiger partial charge >= 0.3 is 5.97 Å². The quantitative estimate of drug-likeness (QED) is 0.802. The van der Waals surface area contributed by atoms with Crippen molar-refractivity contribution in [3.05, 3.63) is 0 Å². The minimum Gasteiger partial charge on any atom is -0.481 e. The van der Waals surface area contributed by atoms with Gasteiger partial charge in [0, 0.05) is 26.6 Å². The van der Waals surface area contributed by atoms with Crippen LogP contribution in [0.2, 0.25) is 0 Å². The fourth-order valence-electron chi connectivity index (χ4n) is 3.42. The van der Waals surface area contributed by atoms with Crippen molar-refractivity contribution in [2.24, 2.45) is 5.41 Å². The predicted molar refractivity (Wildman–Crippen MR) is 74.4 cm³/mol. The van der Waals surface area contributed by atoms with Gasteiger partial charge in [0.15, 0.2) is 0 Å². The molecule has 0 radical (unpaired) electrons. The molecule has 1 saturated heterocycles. The first-order valence-electron chi connectivity index (χ1n) is 7.61. The molecule has 2 rings (SSSR count). The lowest BCUT2D eigenvalue weighted by Gasteiger charge is -2.29. The number of methoxy groups -OCH3 is 1. The van der Waals surface area contributed by atoms with Gasteiger partial charge in [0.25, 0.3) is 0 Å². The molecule has 1 saturated carbocycles. The molecule has 1 N–H and O–H groups in total. The predicted octanol–water partition coefficient (Wildman–Crippen LogP) is 2.05. The van der Waals surface area contributed by atoms with Crippen LogP contribution in [0.15, 0.2) is 0 Å². The summed E-state index contributed by atoms with van der Waals surface area (Å²) < 4.78 is 5.26. The molecule has 5 nitrogen and oxygen atoms in total. The van der Waals surface area contributed by atoms with Crippen LogP contribution < -0.4 is 0 Å². The molecule has 1 atom stereocenters. The summed E-state index contributed by atoms with van der Waals surface area (Å²) in [7, 11) is 1.66. The Morgan fingerprint density at radius 3 is 2.40 bits per heavy atom. The van der Waals surface area contributed by atoms with Crippen molar-refractivity contribution >= 4 is 11.9 Å². The molecule has 0 aromatic carbocycles. The number of amides is 1. The van der Waals surface area contributed by atoms with E-state index in [1.54, 1.807) is 12.0 Å². The van der Waals surface area contributed by atoms with Crippen molar-refractivity contribution in [2.75, 3.05) is 20.2 Å². The SMILES string of the molecule is COC1CCN(C(=O)CC2(C(=O)O)CCCCCC2)C1. The molecule has 5 heteroatoms. The maximum Gasteiger partial charge on any atom is 0.310 e. The van der Waals surface area contributed by atoms with Crippen molar-refractivity contribution < 1.29 is 19.4 Å². The molecule has 2 fully saturated rings. The molecule has 0 aromatic heterocycles. The molecule has 1 aliphatic carbocycles. The number of carbonyl (C=O) groups excluding carboxylic acids is 1. The Bertz CT molecular complexity index is 361. The monoisotopic (exact) mass is 283 g/mol. The molecule has 0 aromatic rings. The van der Waals surface area contributed by atoms with E-state index in [1.807, 2.05) is 0 Å². The van der Waals surface area contributed by atoms with Crippen molar-refractivity contribution in [3.63, 3.8) is 0 Å². The average molecular weight is 283 g/mol. The second kappa shape index (κ2) is 6.57. The number of likely N-dealkylation sites (tertiary alicyclic amines) is 1. The van der Waals surface area contributed by atoms with Crippen LogP contribution in [-0.2, 0) is 14.3 Å². The van der Waals surface area contributed by atoms with Crippen molar-refractivity contribution in [2.45, 2.75) is 57.5 Å². The Labute approximate surface area is 120 Å². The zero-order valence-electron chi connectivity index (χ0n) is 12.3. The molecular formula is C15H25NO4. The third-order valence-corrected chi connectivity index (χ3v) is 4.84.